The van der Waals surface area contributed by atoms with E-state index in [1.54, 1.807) is 7.11 Å². The molecular weight excluding hydrogens is 287 g/mol. The van der Waals surface area contributed by atoms with Crippen LogP contribution in [0.3, 0.4) is 0 Å². The minimum atomic E-state index is 0.707. The van der Waals surface area contributed by atoms with E-state index < -0.39 is 0 Å². The number of halogens is 2. The van der Waals surface area contributed by atoms with E-state index in [2.05, 4.69) is 15.9 Å². The first-order valence-corrected chi connectivity index (χ1v) is 5.98. The fraction of sp³-hybridized carbons (Fsp3) is 0.0769. The number of benzene rings is 2. The van der Waals surface area contributed by atoms with Gasteiger partial charge < -0.3 is 4.74 Å². The van der Waals surface area contributed by atoms with Gasteiger partial charge in [0.25, 0.3) is 0 Å². The molecule has 0 saturated heterocycles. The average Bonchev–Trinajstić information content (AvgIpc) is 2.29. The number of hydrogen-bond donors (Lipinski definition) is 0. The van der Waals surface area contributed by atoms with Gasteiger partial charge >= 0.3 is 0 Å². The van der Waals surface area contributed by atoms with Crippen molar-refractivity contribution in [2.75, 3.05) is 7.11 Å². The minimum absolute atomic E-state index is 0.707. The summed E-state index contributed by atoms with van der Waals surface area (Å²) in [6.07, 6.45) is 0. The lowest BCUT2D eigenvalue weighted by Crippen LogP contribution is -1.88. The van der Waals surface area contributed by atoms with Crippen molar-refractivity contribution in [2.45, 2.75) is 0 Å². The van der Waals surface area contributed by atoms with Gasteiger partial charge in [-0.2, -0.15) is 0 Å². The third-order valence-corrected chi connectivity index (χ3v) is 3.31. The lowest BCUT2D eigenvalue weighted by atomic mass is 10.0. The summed E-state index contributed by atoms with van der Waals surface area (Å²) in [7, 11) is 1.66. The molecule has 0 saturated carbocycles. The molecule has 82 valence electrons. The molecule has 1 nitrogen and oxygen atoms in total. The van der Waals surface area contributed by atoms with Gasteiger partial charge in [0.05, 0.1) is 7.11 Å². The fourth-order valence-corrected chi connectivity index (χ4v) is 2.58. The van der Waals surface area contributed by atoms with Crippen molar-refractivity contribution < 1.29 is 4.74 Å². The molecule has 0 atom stereocenters. The van der Waals surface area contributed by atoms with Gasteiger partial charge in [-0.25, -0.2) is 0 Å². The zero-order valence-corrected chi connectivity index (χ0v) is 11.0. The maximum Gasteiger partial charge on any atom is 0.126 e. The van der Waals surface area contributed by atoms with E-state index in [0.29, 0.717) is 5.02 Å². The lowest BCUT2D eigenvalue weighted by Gasteiger charge is -2.11. The maximum atomic E-state index is 6.21. The highest BCUT2D eigenvalue weighted by Crippen LogP contribution is 2.39. The zero-order chi connectivity index (χ0) is 11.5. The van der Waals surface area contributed by atoms with Gasteiger partial charge in [0.2, 0.25) is 0 Å². The molecule has 2 aromatic carbocycles. The van der Waals surface area contributed by atoms with Gasteiger partial charge in [-0.15, -0.1) is 0 Å². The molecule has 0 aromatic heterocycles. The Balaban J connectivity index is 2.67. The summed E-state index contributed by atoms with van der Waals surface area (Å²) in [6, 6.07) is 13.6. The highest BCUT2D eigenvalue weighted by atomic mass is 79.9. The van der Waals surface area contributed by atoms with Crippen LogP contribution in [0.15, 0.2) is 46.9 Å². The van der Waals surface area contributed by atoms with Crippen molar-refractivity contribution in [2.24, 2.45) is 0 Å². The number of methoxy groups -OCH3 is 1. The van der Waals surface area contributed by atoms with E-state index >= 15 is 0 Å². The minimum Gasteiger partial charge on any atom is -0.496 e. The molecule has 0 bridgehead atoms. The van der Waals surface area contributed by atoms with Crippen molar-refractivity contribution in [3.05, 3.63) is 52.0 Å². The highest BCUT2D eigenvalue weighted by molar-refractivity contribution is 9.10. The summed E-state index contributed by atoms with van der Waals surface area (Å²) in [5, 5.41) is 0.707. The quantitative estimate of drug-likeness (QED) is 0.775. The molecule has 0 unspecified atom stereocenters. The molecule has 0 heterocycles. The molecule has 0 aliphatic carbocycles. The lowest BCUT2D eigenvalue weighted by molar-refractivity contribution is 0.416. The van der Waals surface area contributed by atoms with Crippen LogP contribution in [0.2, 0.25) is 5.02 Å². The molecule has 0 N–H and O–H groups in total. The molecule has 16 heavy (non-hydrogen) atoms. The van der Waals surface area contributed by atoms with Gasteiger partial charge in [-0.3, -0.25) is 0 Å². The summed E-state index contributed by atoms with van der Waals surface area (Å²) in [5.41, 5.74) is 1.95. The Morgan fingerprint density at radius 3 is 2.50 bits per heavy atom. The third kappa shape index (κ3) is 2.08. The van der Waals surface area contributed by atoms with Gasteiger partial charge in [-0.05, 0) is 18.2 Å². The number of ether oxygens (including phenoxy) is 1. The van der Waals surface area contributed by atoms with Crippen molar-refractivity contribution in [3.8, 4) is 16.9 Å². The van der Waals surface area contributed by atoms with Crippen LogP contribution in [0.1, 0.15) is 0 Å². The molecule has 2 aromatic rings. The van der Waals surface area contributed by atoms with Crippen molar-refractivity contribution in [1.82, 2.24) is 0 Å². The second-order valence-corrected chi connectivity index (χ2v) is 4.56. The van der Waals surface area contributed by atoms with E-state index in [-0.39, 0.29) is 0 Å². The topological polar surface area (TPSA) is 9.23 Å². The summed E-state index contributed by atoms with van der Waals surface area (Å²) in [6.45, 7) is 0. The van der Waals surface area contributed by atoms with Crippen LogP contribution in [-0.4, -0.2) is 7.11 Å². The van der Waals surface area contributed by atoms with E-state index in [1.807, 2.05) is 42.5 Å². The largest absolute Gasteiger partial charge is 0.496 e. The van der Waals surface area contributed by atoms with Crippen LogP contribution < -0.4 is 4.74 Å². The highest BCUT2D eigenvalue weighted by Gasteiger charge is 2.11. The molecule has 0 spiro atoms. The SMILES string of the molecule is COc1ccccc1-c1c(Cl)cccc1Br. The van der Waals surface area contributed by atoms with E-state index in [9.17, 15) is 0 Å². The summed E-state index contributed by atoms with van der Waals surface area (Å²) < 4.78 is 6.29. The van der Waals surface area contributed by atoms with Crippen LogP contribution in [0, 0.1) is 0 Å². The van der Waals surface area contributed by atoms with Crippen LogP contribution in [0.25, 0.3) is 11.1 Å². The smallest absolute Gasteiger partial charge is 0.126 e. The molecule has 0 fully saturated rings. The Bertz CT molecular complexity index is 491. The van der Waals surface area contributed by atoms with Gasteiger partial charge in [0, 0.05) is 20.6 Å². The Morgan fingerprint density at radius 2 is 1.81 bits per heavy atom. The predicted octanol–water partition coefficient (Wildman–Crippen LogP) is 4.78. The summed E-state index contributed by atoms with van der Waals surface area (Å²) in [4.78, 5) is 0. The molecule has 0 amide bonds. The zero-order valence-electron chi connectivity index (χ0n) is 8.71. The standard InChI is InChI=1S/C13H10BrClO/c1-16-12-8-3-2-5-9(12)13-10(14)6-4-7-11(13)15/h2-8H,1H3. The van der Waals surface area contributed by atoms with Gasteiger partial charge in [-0.1, -0.05) is 51.8 Å². The molecular formula is C13H10BrClO. The van der Waals surface area contributed by atoms with E-state index in [4.69, 9.17) is 16.3 Å². The van der Waals surface area contributed by atoms with Crippen LogP contribution >= 0.6 is 27.5 Å². The van der Waals surface area contributed by atoms with E-state index in [0.717, 1.165) is 21.3 Å². The second kappa shape index (κ2) is 4.89. The molecule has 0 aliphatic rings. The second-order valence-electron chi connectivity index (χ2n) is 3.30. The fourth-order valence-electron chi connectivity index (χ4n) is 1.61. The Morgan fingerprint density at radius 1 is 1.06 bits per heavy atom. The number of hydrogen-bond acceptors (Lipinski definition) is 1. The van der Waals surface area contributed by atoms with Crippen LogP contribution in [-0.2, 0) is 0 Å². The maximum absolute atomic E-state index is 6.21. The van der Waals surface area contributed by atoms with Crippen LogP contribution in [0.4, 0.5) is 0 Å². The van der Waals surface area contributed by atoms with Gasteiger partial charge in [0.1, 0.15) is 5.75 Å². The van der Waals surface area contributed by atoms with Gasteiger partial charge in [0.15, 0.2) is 0 Å². The Labute approximate surface area is 108 Å². The average molecular weight is 298 g/mol. The first kappa shape index (κ1) is 11.5. The Hall–Kier alpha value is -0.990. The van der Waals surface area contributed by atoms with E-state index in [1.165, 1.54) is 0 Å². The molecule has 0 radical (unpaired) electrons. The Kier molecular flexibility index (Phi) is 3.52. The third-order valence-electron chi connectivity index (χ3n) is 2.34. The molecule has 3 heteroatoms. The van der Waals surface area contributed by atoms with Crippen molar-refractivity contribution in [1.29, 1.82) is 0 Å². The predicted molar refractivity (Wildman–Crippen MR) is 71.1 cm³/mol. The molecule has 2 rings (SSSR count). The summed E-state index contributed by atoms with van der Waals surface area (Å²) in [5.74, 6) is 0.816. The normalized spacial score (nSPS) is 10.2. The molecule has 0 aliphatic heterocycles. The van der Waals surface area contributed by atoms with Crippen molar-refractivity contribution in [3.63, 3.8) is 0 Å². The number of rotatable bonds is 2. The monoisotopic (exact) mass is 296 g/mol. The van der Waals surface area contributed by atoms with Crippen LogP contribution in [0.5, 0.6) is 5.75 Å². The number of para-hydroxylation sites is 1. The summed E-state index contributed by atoms with van der Waals surface area (Å²) >= 11 is 9.71. The van der Waals surface area contributed by atoms with Crippen molar-refractivity contribution >= 4 is 27.5 Å². The first-order valence-electron chi connectivity index (χ1n) is 4.81. The first-order chi connectivity index (χ1) is 7.74.